The maximum atomic E-state index is 9.62. The number of hydrogen-bond donors (Lipinski definition) is 1. The highest BCUT2D eigenvalue weighted by atomic mass is 16.3. The third kappa shape index (κ3) is 2.63. The van der Waals surface area contributed by atoms with Crippen LogP contribution in [0, 0.1) is 11.3 Å². The van der Waals surface area contributed by atoms with Gasteiger partial charge in [0, 0.05) is 4.91 Å². The van der Waals surface area contributed by atoms with Gasteiger partial charge in [0.25, 0.3) is 0 Å². The van der Waals surface area contributed by atoms with Crippen LogP contribution in [-0.2, 0) is 0 Å². The average molecular weight is 197 g/mol. The van der Waals surface area contributed by atoms with E-state index in [4.69, 9.17) is 5.53 Å². The van der Waals surface area contributed by atoms with Crippen LogP contribution in [0.25, 0.3) is 10.4 Å². The van der Waals surface area contributed by atoms with Crippen LogP contribution in [-0.4, -0.2) is 17.3 Å². The van der Waals surface area contributed by atoms with Gasteiger partial charge in [-0.2, -0.15) is 0 Å². The predicted octanol–water partition coefficient (Wildman–Crippen LogP) is 2.87. The first-order valence-electron chi connectivity index (χ1n) is 5.17. The van der Waals surface area contributed by atoms with Gasteiger partial charge in [-0.3, -0.25) is 0 Å². The van der Waals surface area contributed by atoms with Gasteiger partial charge >= 0.3 is 0 Å². The lowest BCUT2D eigenvalue weighted by Crippen LogP contribution is -2.36. The Balaban J connectivity index is 2.66. The molecule has 4 nitrogen and oxygen atoms in total. The molecular weight excluding hydrogens is 178 g/mol. The lowest BCUT2D eigenvalue weighted by Gasteiger charge is -2.38. The minimum Gasteiger partial charge on any atom is -0.393 e. The molecule has 0 radical (unpaired) electrons. The number of aliphatic hydroxyl groups is 1. The van der Waals surface area contributed by atoms with E-state index in [9.17, 15) is 5.11 Å². The van der Waals surface area contributed by atoms with Crippen LogP contribution in [0.15, 0.2) is 5.11 Å². The van der Waals surface area contributed by atoms with Crippen molar-refractivity contribution in [2.24, 2.45) is 16.4 Å². The van der Waals surface area contributed by atoms with Crippen LogP contribution in [0.5, 0.6) is 0 Å². The fourth-order valence-electron chi connectivity index (χ4n) is 2.11. The lowest BCUT2D eigenvalue weighted by molar-refractivity contribution is 0.0539. The topological polar surface area (TPSA) is 69.0 Å². The molecule has 1 rings (SSSR count). The van der Waals surface area contributed by atoms with E-state index in [1.807, 2.05) is 0 Å². The van der Waals surface area contributed by atoms with Crippen molar-refractivity contribution >= 4 is 0 Å². The van der Waals surface area contributed by atoms with Crippen molar-refractivity contribution in [3.63, 3.8) is 0 Å². The summed E-state index contributed by atoms with van der Waals surface area (Å²) in [5.74, 6) is 0.543. The predicted molar refractivity (Wildman–Crippen MR) is 55.7 cm³/mol. The van der Waals surface area contributed by atoms with Gasteiger partial charge < -0.3 is 5.11 Å². The summed E-state index contributed by atoms with van der Waals surface area (Å²) in [7, 11) is 0. The Kier molecular flexibility index (Phi) is 3.40. The van der Waals surface area contributed by atoms with Crippen molar-refractivity contribution in [1.82, 2.24) is 0 Å². The molecule has 0 bridgehead atoms. The molecule has 14 heavy (non-hydrogen) atoms. The Labute approximate surface area is 84.9 Å². The van der Waals surface area contributed by atoms with Gasteiger partial charge in [0.05, 0.1) is 12.1 Å². The quantitative estimate of drug-likeness (QED) is 0.392. The van der Waals surface area contributed by atoms with Crippen LogP contribution < -0.4 is 0 Å². The van der Waals surface area contributed by atoms with Gasteiger partial charge in [-0.15, -0.1) is 0 Å². The Hall–Kier alpha value is -0.730. The first kappa shape index (κ1) is 11.3. The molecule has 0 spiro atoms. The summed E-state index contributed by atoms with van der Waals surface area (Å²) in [4.78, 5) is 2.79. The fourth-order valence-corrected chi connectivity index (χ4v) is 2.11. The number of azide groups is 1. The zero-order valence-corrected chi connectivity index (χ0v) is 9.14. The first-order chi connectivity index (χ1) is 6.45. The Bertz CT molecular complexity index is 240. The van der Waals surface area contributed by atoms with Gasteiger partial charge in [-0.1, -0.05) is 25.9 Å². The van der Waals surface area contributed by atoms with E-state index in [0.29, 0.717) is 5.92 Å². The minimum absolute atomic E-state index is 0.224. The van der Waals surface area contributed by atoms with Crippen LogP contribution in [0.1, 0.15) is 40.0 Å². The van der Waals surface area contributed by atoms with Crippen LogP contribution in [0.4, 0.5) is 0 Å². The van der Waals surface area contributed by atoms with Crippen LogP contribution >= 0.6 is 0 Å². The summed E-state index contributed by atoms with van der Waals surface area (Å²) >= 11 is 0. The monoisotopic (exact) mass is 197 g/mol. The normalized spacial score (nSPS) is 33.6. The first-order valence-corrected chi connectivity index (χ1v) is 5.17. The van der Waals surface area contributed by atoms with E-state index in [-0.39, 0.29) is 11.5 Å². The standard InChI is InChI=1S/C10H19N3O/c1-10(2,3)7-4-5-9(14)8(6-7)12-13-11/h7-9,14H,4-6H2,1-3H3. The maximum absolute atomic E-state index is 9.62. The molecule has 0 aromatic heterocycles. The SMILES string of the molecule is CC(C)(C)C1CCC(O)C(N=[N+]=[N-])C1. The summed E-state index contributed by atoms with van der Waals surface area (Å²) in [6, 6.07) is -0.224. The molecule has 1 N–H and O–H groups in total. The fraction of sp³-hybridized carbons (Fsp3) is 1.00. The molecule has 80 valence electrons. The summed E-state index contributed by atoms with van der Waals surface area (Å²) in [5, 5.41) is 13.3. The Morgan fingerprint density at radius 3 is 2.50 bits per heavy atom. The van der Waals surface area contributed by atoms with Gasteiger partial charge in [0.2, 0.25) is 0 Å². The second-order valence-electron chi connectivity index (χ2n) is 5.22. The largest absolute Gasteiger partial charge is 0.393 e. The molecule has 3 unspecified atom stereocenters. The van der Waals surface area contributed by atoms with Gasteiger partial charge in [0.1, 0.15) is 0 Å². The van der Waals surface area contributed by atoms with Gasteiger partial charge in [0.15, 0.2) is 0 Å². The summed E-state index contributed by atoms with van der Waals surface area (Å²) < 4.78 is 0. The van der Waals surface area contributed by atoms with Crippen LogP contribution in [0.3, 0.4) is 0 Å². The molecule has 4 heteroatoms. The molecule has 1 aliphatic carbocycles. The molecule has 0 aromatic carbocycles. The summed E-state index contributed by atoms with van der Waals surface area (Å²) in [5.41, 5.74) is 8.61. The zero-order chi connectivity index (χ0) is 10.8. The highest BCUT2D eigenvalue weighted by Gasteiger charge is 2.34. The molecule has 1 fully saturated rings. The smallest absolute Gasteiger partial charge is 0.0636 e. The zero-order valence-electron chi connectivity index (χ0n) is 9.14. The van der Waals surface area contributed by atoms with E-state index in [1.165, 1.54) is 0 Å². The molecule has 0 heterocycles. The number of nitrogens with zero attached hydrogens (tertiary/aromatic N) is 3. The minimum atomic E-state index is -0.440. The van der Waals surface area contributed by atoms with Crippen molar-refractivity contribution in [2.75, 3.05) is 0 Å². The Morgan fingerprint density at radius 1 is 1.36 bits per heavy atom. The second-order valence-corrected chi connectivity index (χ2v) is 5.22. The summed E-state index contributed by atoms with van der Waals surface area (Å²) in [6.07, 6.45) is 2.16. The van der Waals surface area contributed by atoms with E-state index in [1.54, 1.807) is 0 Å². The van der Waals surface area contributed by atoms with Crippen molar-refractivity contribution in [1.29, 1.82) is 0 Å². The second kappa shape index (κ2) is 4.20. The number of aliphatic hydroxyl groups excluding tert-OH is 1. The maximum Gasteiger partial charge on any atom is 0.0636 e. The van der Waals surface area contributed by atoms with E-state index < -0.39 is 6.10 Å². The van der Waals surface area contributed by atoms with Crippen molar-refractivity contribution in [3.8, 4) is 0 Å². The molecular formula is C10H19N3O. The Morgan fingerprint density at radius 2 is 2.00 bits per heavy atom. The highest BCUT2D eigenvalue weighted by Crippen LogP contribution is 2.38. The molecule has 3 atom stereocenters. The van der Waals surface area contributed by atoms with E-state index in [2.05, 4.69) is 30.8 Å². The highest BCUT2D eigenvalue weighted by molar-refractivity contribution is 4.89. The third-order valence-electron chi connectivity index (χ3n) is 3.21. The molecule has 1 aliphatic rings. The van der Waals surface area contributed by atoms with E-state index >= 15 is 0 Å². The van der Waals surface area contributed by atoms with Crippen LogP contribution in [0.2, 0.25) is 0 Å². The molecule has 0 saturated heterocycles. The average Bonchev–Trinajstić information content (AvgIpc) is 2.07. The van der Waals surface area contributed by atoms with Gasteiger partial charge in [-0.25, -0.2) is 0 Å². The van der Waals surface area contributed by atoms with E-state index in [0.717, 1.165) is 19.3 Å². The molecule has 1 saturated carbocycles. The lowest BCUT2D eigenvalue weighted by atomic mass is 9.70. The van der Waals surface area contributed by atoms with Crippen molar-refractivity contribution in [2.45, 2.75) is 52.2 Å². The van der Waals surface area contributed by atoms with Crippen molar-refractivity contribution < 1.29 is 5.11 Å². The van der Waals surface area contributed by atoms with Crippen molar-refractivity contribution in [3.05, 3.63) is 10.4 Å². The van der Waals surface area contributed by atoms with Gasteiger partial charge in [-0.05, 0) is 36.1 Å². The third-order valence-corrected chi connectivity index (χ3v) is 3.21. The molecule has 0 aliphatic heterocycles. The summed E-state index contributed by atoms with van der Waals surface area (Å²) in [6.45, 7) is 6.59. The number of rotatable bonds is 1. The molecule has 0 aromatic rings. The molecule has 0 amide bonds. The number of hydrogen-bond acceptors (Lipinski definition) is 2.